The number of aliphatic hydroxyl groups excluding tert-OH is 3. The molecular formula is C20H38O5. The molecule has 4 atom stereocenters. The molecule has 5 heteroatoms. The first-order chi connectivity index (χ1) is 12.2. The van der Waals surface area contributed by atoms with Crippen molar-refractivity contribution in [3.8, 4) is 0 Å². The maximum atomic E-state index is 9.96. The van der Waals surface area contributed by atoms with Gasteiger partial charge in [-0.25, -0.2) is 0 Å². The van der Waals surface area contributed by atoms with E-state index in [9.17, 15) is 10.2 Å². The van der Waals surface area contributed by atoms with E-state index >= 15 is 0 Å². The molecule has 0 aliphatic carbocycles. The van der Waals surface area contributed by atoms with Crippen LogP contribution in [0, 0.1) is 0 Å². The van der Waals surface area contributed by atoms with Crippen LogP contribution in [0.4, 0.5) is 0 Å². The summed E-state index contributed by atoms with van der Waals surface area (Å²) in [6.07, 6.45) is 13.5. The highest BCUT2D eigenvalue weighted by Crippen LogP contribution is 2.18. The van der Waals surface area contributed by atoms with E-state index in [2.05, 4.69) is 19.1 Å². The van der Waals surface area contributed by atoms with E-state index in [0.717, 1.165) is 12.8 Å². The van der Waals surface area contributed by atoms with Crippen LogP contribution in [0.1, 0.15) is 71.1 Å². The maximum Gasteiger partial charge on any atom is 0.111 e. The molecule has 0 bridgehead atoms. The second-order valence-electron chi connectivity index (χ2n) is 6.98. The smallest absolute Gasteiger partial charge is 0.111 e. The van der Waals surface area contributed by atoms with Gasteiger partial charge in [0.15, 0.2) is 0 Å². The Labute approximate surface area is 153 Å². The van der Waals surface area contributed by atoms with Crippen molar-refractivity contribution in [2.75, 3.05) is 19.8 Å². The van der Waals surface area contributed by atoms with Crippen LogP contribution >= 0.6 is 0 Å². The molecule has 1 heterocycles. The minimum atomic E-state index is -1.08. The second-order valence-corrected chi connectivity index (χ2v) is 6.98. The third-order valence-electron chi connectivity index (χ3n) is 4.85. The van der Waals surface area contributed by atoms with Crippen LogP contribution in [0.15, 0.2) is 12.2 Å². The molecule has 0 amide bonds. The Bertz CT molecular complexity index is 334. The largest absolute Gasteiger partial charge is 0.394 e. The van der Waals surface area contributed by atoms with Gasteiger partial charge in [-0.05, 0) is 26.2 Å². The molecule has 0 aromatic rings. The lowest BCUT2D eigenvalue weighted by molar-refractivity contribution is -0.208. The number of hydrogen-bond acceptors (Lipinski definition) is 5. The average Bonchev–Trinajstić information content (AvgIpc) is 2.62. The summed E-state index contributed by atoms with van der Waals surface area (Å²) < 4.78 is 10.9. The fourth-order valence-electron chi connectivity index (χ4n) is 3.17. The van der Waals surface area contributed by atoms with Crippen molar-refractivity contribution >= 4 is 0 Å². The highest BCUT2D eigenvalue weighted by molar-refractivity contribution is 4.87. The Morgan fingerprint density at radius 3 is 2.12 bits per heavy atom. The number of hydrogen-bond donors (Lipinski definition) is 3. The fourth-order valence-corrected chi connectivity index (χ4v) is 3.17. The molecule has 0 aromatic carbocycles. The third kappa shape index (κ3) is 9.71. The van der Waals surface area contributed by atoms with E-state index < -0.39 is 24.4 Å². The van der Waals surface area contributed by atoms with Gasteiger partial charge in [-0.1, -0.05) is 57.1 Å². The van der Waals surface area contributed by atoms with Crippen LogP contribution in [0.3, 0.4) is 0 Å². The molecule has 1 aliphatic heterocycles. The van der Waals surface area contributed by atoms with Gasteiger partial charge < -0.3 is 24.8 Å². The monoisotopic (exact) mass is 358 g/mol. The Balaban J connectivity index is 1.89. The molecule has 1 saturated heterocycles. The van der Waals surface area contributed by atoms with Crippen molar-refractivity contribution < 1.29 is 24.8 Å². The van der Waals surface area contributed by atoms with Gasteiger partial charge in [0, 0.05) is 6.61 Å². The van der Waals surface area contributed by atoms with E-state index in [-0.39, 0.29) is 13.2 Å². The summed E-state index contributed by atoms with van der Waals surface area (Å²) in [5, 5.41) is 28.8. The van der Waals surface area contributed by atoms with Gasteiger partial charge in [-0.15, -0.1) is 0 Å². The van der Waals surface area contributed by atoms with Gasteiger partial charge in [0.2, 0.25) is 0 Å². The van der Waals surface area contributed by atoms with Crippen molar-refractivity contribution in [3.05, 3.63) is 12.2 Å². The molecular weight excluding hydrogens is 320 g/mol. The lowest BCUT2D eigenvalue weighted by Crippen LogP contribution is -2.55. The molecule has 25 heavy (non-hydrogen) atoms. The first-order valence-electron chi connectivity index (χ1n) is 10.0. The summed E-state index contributed by atoms with van der Waals surface area (Å²) in [7, 11) is 0. The zero-order chi connectivity index (χ0) is 18.3. The molecule has 1 rings (SSSR count). The molecule has 0 unspecified atom stereocenters. The average molecular weight is 359 g/mol. The van der Waals surface area contributed by atoms with Crippen molar-refractivity contribution in [3.63, 3.8) is 0 Å². The van der Waals surface area contributed by atoms with Gasteiger partial charge in [0.1, 0.15) is 24.4 Å². The summed E-state index contributed by atoms with van der Waals surface area (Å²) >= 11 is 0. The Morgan fingerprint density at radius 1 is 0.920 bits per heavy atom. The SMILES string of the molecule is C/C=C/CCCCCCCCCCCO[C@H]1CO[C@H](CO)[C@@H](O)[C@@H]1O. The molecule has 1 aliphatic rings. The number of ether oxygens (including phenoxy) is 2. The predicted molar refractivity (Wildman–Crippen MR) is 99.6 cm³/mol. The van der Waals surface area contributed by atoms with Crippen molar-refractivity contribution in [1.29, 1.82) is 0 Å². The van der Waals surface area contributed by atoms with E-state index in [1.54, 1.807) is 0 Å². The Kier molecular flexibility index (Phi) is 13.3. The third-order valence-corrected chi connectivity index (χ3v) is 4.85. The normalized spacial score (nSPS) is 27.2. The topological polar surface area (TPSA) is 79.2 Å². The van der Waals surface area contributed by atoms with Crippen molar-refractivity contribution in [1.82, 2.24) is 0 Å². The molecule has 148 valence electrons. The lowest BCUT2D eigenvalue weighted by Gasteiger charge is -2.36. The number of unbranched alkanes of at least 4 members (excludes halogenated alkanes) is 9. The Hall–Kier alpha value is -0.460. The molecule has 5 nitrogen and oxygen atoms in total. The maximum absolute atomic E-state index is 9.96. The van der Waals surface area contributed by atoms with Crippen LogP contribution in [0.25, 0.3) is 0 Å². The number of allylic oxidation sites excluding steroid dienone is 2. The highest BCUT2D eigenvalue weighted by atomic mass is 16.6. The summed E-state index contributed by atoms with van der Waals surface area (Å²) in [6.45, 7) is 2.58. The first-order valence-corrected chi connectivity index (χ1v) is 10.0. The summed E-state index contributed by atoms with van der Waals surface area (Å²) in [4.78, 5) is 0. The van der Waals surface area contributed by atoms with Crippen molar-refractivity contribution in [2.24, 2.45) is 0 Å². The van der Waals surface area contributed by atoms with Gasteiger partial charge in [-0.2, -0.15) is 0 Å². The standard InChI is InChI=1S/C20H38O5/c1-2-3-4-5-6-7-8-9-10-11-12-13-14-24-18-16-25-17(15-21)19(22)20(18)23/h2-3,17-23H,4-16H2,1H3/b3-2+/t17-,18+,19-,20-/m1/s1. The summed E-state index contributed by atoms with van der Waals surface area (Å²) in [5.41, 5.74) is 0. The molecule has 0 radical (unpaired) electrons. The van der Waals surface area contributed by atoms with E-state index in [0.29, 0.717) is 6.61 Å². The summed E-state index contributed by atoms with van der Waals surface area (Å²) in [6, 6.07) is 0. The van der Waals surface area contributed by atoms with Crippen LogP contribution < -0.4 is 0 Å². The van der Waals surface area contributed by atoms with E-state index in [4.69, 9.17) is 14.6 Å². The van der Waals surface area contributed by atoms with Crippen LogP contribution in [0.5, 0.6) is 0 Å². The van der Waals surface area contributed by atoms with Crippen LogP contribution in [0.2, 0.25) is 0 Å². The van der Waals surface area contributed by atoms with E-state index in [1.807, 2.05) is 0 Å². The number of aliphatic hydroxyl groups is 3. The summed E-state index contributed by atoms with van der Waals surface area (Å²) in [5.74, 6) is 0. The first kappa shape index (κ1) is 22.6. The minimum absolute atomic E-state index is 0.220. The molecule has 0 saturated carbocycles. The highest BCUT2D eigenvalue weighted by Gasteiger charge is 2.38. The van der Waals surface area contributed by atoms with Gasteiger partial charge in [0.05, 0.1) is 13.2 Å². The van der Waals surface area contributed by atoms with Gasteiger partial charge in [0.25, 0.3) is 0 Å². The zero-order valence-corrected chi connectivity index (χ0v) is 15.8. The fraction of sp³-hybridized carbons (Fsp3) is 0.900. The quantitative estimate of drug-likeness (QED) is 0.329. The molecule has 0 spiro atoms. The Morgan fingerprint density at radius 2 is 1.52 bits per heavy atom. The van der Waals surface area contributed by atoms with E-state index in [1.165, 1.54) is 51.4 Å². The van der Waals surface area contributed by atoms with Crippen molar-refractivity contribution in [2.45, 2.75) is 95.5 Å². The van der Waals surface area contributed by atoms with Crippen LogP contribution in [-0.4, -0.2) is 59.6 Å². The number of rotatable bonds is 14. The minimum Gasteiger partial charge on any atom is -0.394 e. The van der Waals surface area contributed by atoms with Gasteiger partial charge in [-0.3, -0.25) is 0 Å². The van der Waals surface area contributed by atoms with Crippen LogP contribution in [-0.2, 0) is 9.47 Å². The van der Waals surface area contributed by atoms with Gasteiger partial charge >= 0.3 is 0 Å². The molecule has 0 aromatic heterocycles. The lowest BCUT2D eigenvalue weighted by atomic mass is 10.0. The zero-order valence-electron chi connectivity index (χ0n) is 15.8. The molecule has 1 fully saturated rings. The molecule has 3 N–H and O–H groups in total. The predicted octanol–water partition coefficient (Wildman–Crippen LogP) is 2.96. The second kappa shape index (κ2) is 14.7.